The summed E-state index contributed by atoms with van der Waals surface area (Å²) in [7, 11) is 0. The minimum absolute atomic E-state index is 0.375. The van der Waals surface area contributed by atoms with Gasteiger partial charge in [-0.05, 0) is 56.0 Å². The van der Waals surface area contributed by atoms with Gasteiger partial charge in [-0.15, -0.1) is 0 Å². The Morgan fingerprint density at radius 1 is 1.06 bits per heavy atom. The highest BCUT2D eigenvalue weighted by Gasteiger charge is 2.19. The van der Waals surface area contributed by atoms with Crippen LogP contribution in [0.15, 0.2) is 55.0 Å². The third-order valence-electron chi connectivity index (χ3n) is 5.83. The molecule has 31 heavy (non-hydrogen) atoms. The number of hydrogen-bond acceptors (Lipinski definition) is 7. The van der Waals surface area contributed by atoms with E-state index in [4.69, 9.17) is 5.26 Å². The van der Waals surface area contributed by atoms with Gasteiger partial charge in [-0.25, -0.2) is 15.0 Å². The monoisotopic (exact) mass is 413 g/mol. The molecule has 1 aliphatic rings. The average molecular weight is 414 g/mol. The molecule has 1 aromatic carbocycles. The molecule has 1 unspecified atom stereocenters. The van der Waals surface area contributed by atoms with Crippen LogP contribution in [0.25, 0.3) is 11.1 Å². The number of para-hydroxylation sites is 1. The number of pyridine rings is 1. The van der Waals surface area contributed by atoms with E-state index in [9.17, 15) is 0 Å². The van der Waals surface area contributed by atoms with Crippen molar-refractivity contribution in [1.29, 1.82) is 5.26 Å². The minimum atomic E-state index is 0.375. The van der Waals surface area contributed by atoms with Crippen molar-refractivity contribution in [3.05, 3.63) is 60.7 Å². The number of rotatable bonds is 7. The number of aromatic nitrogens is 3. The van der Waals surface area contributed by atoms with Gasteiger partial charge in [-0.2, -0.15) is 5.26 Å². The summed E-state index contributed by atoms with van der Waals surface area (Å²) in [5.74, 6) is 1.88. The normalized spacial score (nSPS) is 15.1. The Bertz CT molecular complexity index is 1020. The van der Waals surface area contributed by atoms with Crippen molar-refractivity contribution in [1.82, 2.24) is 20.3 Å². The molecule has 0 spiro atoms. The molecule has 7 nitrogen and oxygen atoms in total. The van der Waals surface area contributed by atoms with E-state index in [2.05, 4.69) is 56.0 Å². The highest BCUT2D eigenvalue weighted by atomic mass is 15.1. The topological polar surface area (TPSA) is 98.5 Å². The molecule has 0 bridgehead atoms. The maximum absolute atomic E-state index is 8.85. The van der Waals surface area contributed by atoms with E-state index >= 15 is 0 Å². The first kappa shape index (κ1) is 20.8. The lowest BCUT2D eigenvalue weighted by molar-refractivity contribution is 0.285. The molecule has 1 aliphatic heterocycles. The predicted molar refractivity (Wildman–Crippen MR) is 123 cm³/mol. The molecule has 0 aliphatic carbocycles. The summed E-state index contributed by atoms with van der Waals surface area (Å²) in [4.78, 5) is 13.0. The maximum Gasteiger partial charge on any atom is 0.227 e. The molecule has 3 heterocycles. The molecule has 0 saturated carbocycles. The quantitative estimate of drug-likeness (QED) is 0.534. The molecular weight excluding hydrogens is 386 g/mol. The van der Waals surface area contributed by atoms with Crippen molar-refractivity contribution < 1.29 is 0 Å². The van der Waals surface area contributed by atoms with Crippen molar-refractivity contribution >= 4 is 17.3 Å². The summed E-state index contributed by atoms with van der Waals surface area (Å²) in [5.41, 5.74) is 4.26. The number of anilines is 3. The summed E-state index contributed by atoms with van der Waals surface area (Å²) in [6, 6.07) is 13.7. The van der Waals surface area contributed by atoms with Gasteiger partial charge < -0.3 is 16.0 Å². The van der Waals surface area contributed by atoms with Crippen LogP contribution in [0.3, 0.4) is 0 Å². The fourth-order valence-electron chi connectivity index (χ4n) is 3.93. The van der Waals surface area contributed by atoms with Gasteiger partial charge >= 0.3 is 0 Å². The molecule has 3 N–H and O–H groups in total. The molecule has 0 radical (unpaired) electrons. The fourth-order valence-corrected chi connectivity index (χ4v) is 3.93. The van der Waals surface area contributed by atoms with Crippen molar-refractivity contribution in [2.75, 3.05) is 30.3 Å². The van der Waals surface area contributed by atoms with Crippen LogP contribution in [-0.2, 0) is 0 Å². The first-order valence-electron chi connectivity index (χ1n) is 10.7. The summed E-state index contributed by atoms with van der Waals surface area (Å²) in [5, 5.41) is 19.0. The molecule has 2 aromatic heterocycles. The van der Waals surface area contributed by atoms with Crippen LogP contribution in [0, 0.1) is 23.2 Å². The standard InChI is InChI=1S/C24H27N7/c1-17(18-8-10-26-11-9-18)13-28-23-5-3-2-4-22(23)19-14-29-24(30-15-19)31-21-7-6-20(12-25)27-16-21/h2-7,14-18,26,28H,8-11,13H2,1H3,(H,29,30,31). The Morgan fingerprint density at radius 2 is 1.84 bits per heavy atom. The van der Waals surface area contributed by atoms with E-state index in [1.165, 1.54) is 12.8 Å². The Morgan fingerprint density at radius 3 is 2.55 bits per heavy atom. The van der Waals surface area contributed by atoms with Crippen molar-refractivity contribution in [3.63, 3.8) is 0 Å². The SMILES string of the molecule is CC(CNc1ccccc1-c1cnc(Nc2ccc(C#N)nc2)nc1)C1CCNCC1. The van der Waals surface area contributed by atoms with Crippen LogP contribution >= 0.6 is 0 Å². The van der Waals surface area contributed by atoms with Crippen molar-refractivity contribution in [2.24, 2.45) is 11.8 Å². The number of benzene rings is 1. The summed E-state index contributed by atoms with van der Waals surface area (Å²) < 4.78 is 0. The Kier molecular flexibility index (Phi) is 6.70. The third-order valence-corrected chi connectivity index (χ3v) is 5.83. The van der Waals surface area contributed by atoms with Crippen LogP contribution in [0.2, 0.25) is 0 Å². The van der Waals surface area contributed by atoms with Crippen LogP contribution in [-0.4, -0.2) is 34.6 Å². The number of piperidine rings is 1. The molecular formula is C24H27N7. The van der Waals surface area contributed by atoms with E-state index < -0.39 is 0 Å². The Hall–Kier alpha value is -3.50. The highest BCUT2D eigenvalue weighted by molar-refractivity contribution is 5.77. The van der Waals surface area contributed by atoms with E-state index in [0.29, 0.717) is 17.6 Å². The first-order valence-corrected chi connectivity index (χ1v) is 10.7. The lowest BCUT2D eigenvalue weighted by atomic mass is 9.86. The summed E-state index contributed by atoms with van der Waals surface area (Å²) >= 11 is 0. The van der Waals surface area contributed by atoms with E-state index in [1.807, 2.05) is 24.5 Å². The molecule has 3 aromatic rings. The van der Waals surface area contributed by atoms with Crippen LogP contribution in [0.1, 0.15) is 25.5 Å². The fraction of sp³-hybridized carbons (Fsp3) is 0.333. The number of nitrogens with one attached hydrogen (secondary N) is 3. The van der Waals surface area contributed by atoms with Gasteiger partial charge in [-0.1, -0.05) is 25.1 Å². The van der Waals surface area contributed by atoms with Crippen LogP contribution < -0.4 is 16.0 Å². The second-order valence-electron chi connectivity index (χ2n) is 7.96. The number of nitriles is 1. The summed E-state index contributed by atoms with van der Waals surface area (Å²) in [6.45, 7) is 5.55. The third kappa shape index (κ3) is 5.36. The van der Waals surface area contributed by atoms with Gasteiger partial charge in [0.15, 0.2) is 0 Å². The highest BCUT2D eigenvalue weighted by Crippen LogP contribution is 2.29. The molecule has 1 fully saturated rings. The van der Waals surface area contributed by atoms with E-state index in [-0.39, 0.29) is 0 Å². The second kappa shape index (κ2) is 10.0. The first-order chi connectivity index (χ1) is 15.2. The lowest BCUT2D eigenvalue weighted by Gasteiger charge is -2.29. The number of nitrogens with zero attached hydrogens (tertiary/aromatic N) is 4. The van der Waals surface area contributed by atoms with Crippen LogP contribution in [0.5, 0.6) is 0 Å². The van der Waals surface area contributed by atoms with Gasteiger partial charge in [0.05, 0.1) is 11.9 Å². The van der Waals surface area contributed by atoms with Gasteiger partial charge in [0.25, 0.3) is 0 Å². The van der Waals surface area contributed by atoms with Gasteiger partial charge in [0.2, 0.25) is 5.95 Å². The lowest BCUT2D eigenvalue weighted by Crippen LogP contribution is -2.33. The van der Waals surface area contributed by atoms with Gasteiger partial charge in [0.1, 0.15) is 11.8 Å². The van der Waals surface area contributed by atoms with Crippen molar-refractivity contribution in [3.8, 4) is 17.2 Å². The zero-order chi connectivity index (χ0) is 21.5. The zero-order valence-electron chi connectivity index (χ0n) is 17.7. The van der Waals surface area contributed by atoms with E-state index in [0.717, 1.165) is 48.1 Å². The largest absolute Gasteiger partial charge is 0.384 e. The van der Waals surface area contributed by atoms with Crippen LogP contribution in [0.4, 0.5) is 17.3 Å². The minimum Gasteiger partial charge on any atom is -0.384 e. The van der Waals surface area contributed by atoms with E-state index in [1.54, 1.807) is 18.3 Å². The molecule has 7 heteroatoms. The number of hydrogen-bond donors (Lipinski definition) is 3. The zero-order valence-corrected chi connectivity index (χ0v) is 17.7. The predicted octanol–water partition coefficient (Wildman–Crippen LogP) is 4.20. The molecule has 1 atom stereocenters. The second-order valence-corrected chi connectivity index (χ2v) is 7.96. The molecule has 1 saturated heterocycles. The maximum atomic E-state index is 8.85. The van der Waals surface area contributed by atoms with Gasteiger partial charge in [-0.3, -0.25) is 0 Å². The Balaban J connectivity index is 1.42. The smallest absolute Gasteiger partial charge is 0.227 e. The summed E-state index contributed by atoms with van der Waals surface area (Å²) in [6.07, 6.45) is 7.74. The Labute approximate surface area is 183 Å². The molecule has 4 rings (SSSR count). The molecule has 158 valence electrons. The average Bonchev–Trinajstić information content (AvgIpc) is 2.84. The van der Waals surface area contributed by atoms with Gasteiger partial charge in [0, 0.05) is 35.8 Å². The molecule has 0 amide bonds. The van der Waals surface area contributed by atoms with Crippen molar-refractivity contribution in [2.45, 2.75) is 19.8 Å².